The average Bonchev–Trinajstić information content (AvgIpc) is 2.30. The van der Waals surface area contributed by atoms with Gasteiger partial charge in [0.15, 0.2) is 0 Å². The molecule has 0 aromatic carbocycles. The molecule has 0 radical (unpaired) electrons. The lowest BCUT2D eigenvalue weighted by Gasteiger charge is -2.59. The second-order valence-corrected chi connectivity index (χ2v) is 7.50. The maximum atomic E-state index is 9.69. The molecule has 18 heavy (non-hydrogen) atoms. The van der Waals surface area contributed by atoms with Gasteiger partial charge in [-0.25, -0.2) is 0 Å². The Balaban J connectivity index is 2.22. The minimum absolute atomic E-state index is 0.286. The van der Waals surface area contributed by atoms with Crippen LogP contribution >= 0.6 is 0 Å². The fraction of sp³-hybridized carbons (Fsp3) is 0.882. The molecule has 3 saturated carbocycles. The SMILES string of the molecule is CCC1(C)CC2(C)CCC1CC2C=C(C)C(C)O. The quantitative estimate of drug-likeness (QED) is 0.728. The molecule has 3 aliphatic carbocycles. The minimum Gasteiger partial charge on any atom is -0.389 e. The Morgan fingerprint density at radius 3 is 2.61 bits per heavy atom. The summed E-state index contributed by atoms with van der Waals surface area (Å²) in [6.45, 7) is 11.3. The predicted molar refractivity (Wildman–Crippen MR) is 77.4 cm³/mol. The van der Waals surface area contributed by atoms with Gasteiger partial charge in [-0.3, -0.25) is 0 Å². The first kappa shape index (κ1) is 14.1. The van der Waals surface area contributed by atoms with Gasteiger partial charge in [0.05, 0.1) is 6.10 Å². The van der Waals surface area contributed by atoms with Crippen molar-refractivity contribution in [3.05, 3.63) is 11.6 Å². The van der Waals surface area contributed by atoms with E-state index >= 15 is 0 Å². The number of aliphatic hydroxyl groups excluding tert-OH is 1. The van der Waals surface area contributed by atoms with Crippen LogP contribution in [0.2, 0.25) is 0 Å². The molecule has 0 heterocycles. The van der Waals surface area contributed by atoms with Crippen LogP contribution in [0.5, 0.6) is 0 Å². The van der Waals surface area contributed by atoms with Crippen LogP contribution in [0.3, 0.4) is 0 Å². The van der Waals surface area contributed by atoms with Gasteiger partial charge in [-0.15, -0.1) is 0 Å². The van der Waals surface area contributed by atoms with Crippen molar-refractivity contribution in [2.75, 3.05) is 0 Å². The molecule has 1 heteroatoms. The highest BCUT2D eigenvalue weighted by Crippen LogP contribution is 2.62. The second-order valence-electron chi connectivity index (χ2n) is 7.50. The molecule has 0 aliphatic heterocycles. The Labute approximate surface area is 113 Å². The molecule has 0 spiro atoms. The summed E-state index contributed by atoms with van der Waals surface area (Å²) in [5.74, 6) is 1.58. The molecule has 0 saturated heterocycles. The molecule has 2 bridgehead atoms. The highest BCUT2D eigenvalue weighted by Gasteiger charge is 2.52. The van der Waals surface area contributed by atoms with Gasteiger partial charge in [-0.1, -0.05) is 33.3 Å². The van der Waals surface area contributed by atoms with Crippen molar-refractivity contribution in [1.29, 1.82) is 0 Å². The van der Waals surface area contributed by atoms with E-state index in [1.54, 1.807) is 0 Å². The Morgan fingerprint density at radius 1 is 1.44 bits per heavy atom. The molecule has 3 fully saturated rings. The number of hydrogen-bond donors (Lipinski definition) is 1. The molecule has 5 atom stereocenters. The van der Waals surface area contributed by atoms with Crippen LogP contribution in [0.25, 0.3) is 0 Å². The average molecular weight is 250 g/mol. The lowest BCUT2D eigenvalue weighted by molar-refractivity contribution is -0.0724. The van der Waals surface area contributed by atoms with E-state index in [1.165, 1.54) is 32.1 Å². The molecule has 0 aromatic rings. The van der Waals surface area contributed by atoms with Crippen LogP contribution in [0.4, 0.5) is 0 Å². The van der Waals surface area contributed by atoms with Crippen molar-refractivity contribution >= 4 is 0 Å². The number of aliphatic hydroxyl groups is 1. The zero-order valence-corrected chi connectivity index (χ0v) is 12.8. The Morgan fingerprint density at radius 2 is 2.11 bits per heavy atom. The first-order valence-corrected chi connectivity index (χ1v) is 7.67. The highest BCUT2D eigenvalue weighted by molar-refractivity contribution is 5.14. The van der Waals surface area contributed by atoms with Crippen molar-refractivity contribution in [3.63, 3.8) is 0 Å². The van der Waals surface area contributed by atoms with Gasteiger partial charge in [-0.2, -0.15) is 0 Å². The molecule has 5 unspecified atom stereocenters. The van der Waals surface area contributed by atoms with Crippen LogP contribution in [0.1, 0.15) is 66.7 Å². The van der Waals surface area contributed by atoms with Crippen LogP contribution in [-0.2, 0) is 0 Å². The predicted octanol–water partition coefficient (Wildman–Crippen LogP) is 4.56. The van der Waals surface area contributed by atoms with Gasteiger partial charge in [0.25, 0.3) is 0 Å². The number of rotatable bonds is 3. The molecule has 1 nitrogen and oxygen atoms in total. The monoisotopic (exact) mass is 250 g/mol. The van der Waals surface area contributed by atoms with E-state index in [-0.39, 0.29) is 6.10 Å². The number of hydrogen-bond acceptors (Lipinski definition) is 1. The van der Waals surface area contributed by atoms with Crippen molar-refractivity contribution < 1.29 is 5.11 Å². The van der Waals surface area contributed by atoms with Gasteiger partial charge in [0.2, 0.25) is 0 Å². The van der Waals surface area contributed by atoms with Crippen LogP contribution in [0.15, 0.2) is 11.6 Å². The third-order valence-corrected chi connectivity index (χ3v) is 6.22. The minimum atomic E-state index is -0.286. The standard InChI is InChI=1S/C17H30O/c1-6-16(4)11-17(5)8-7-14(16)10-15(17)9-12(2)13(3)18/h9,13-15,18H,6-8,10-11H2,1-5H3. The van der Waals surface area contributed by atoms with Gasteiger partial charge in [-0.05, 0) is 67.8 Å². The largest absolute Gasteiger partial charge is 0.389 e. The second kappa shape index (κ2) is 4.67. The molecule has 0 amide bonds. The molecule has 104 valence electrons. The Kier molecular flexibility index (Phi) is 3.66. The lowest BCUT2D eigenvalue weighted by Crippen LogP contribution is -2.49. The van der Waals surface area contributed by atoms with Gasteiger partial charge in [0.1, 0.15) is 0 Å². The Bertz CT molecular complexity index is 344. The summed E-state index contributed by atoms with van der Waals surface area (Å²) in [5, 5.41) is 9.69. The summed E-state index contributed by atoms with van der Waals surface area (Å²) in [6.07, 6.45) is 8.91. The van der Waals surface area contributed by atoms with Crippen LogP contribution in [0, 0.1) is 22.7 Å². The molecular formula is C17H30O. The molecular weight excluding hydrogens is 220 g/mol. The topological polar surface area (TPSA) is 20.2 Å². The maximum absolute atomic E-state index is 9.69. The third-order valence-electron chi connectivity index (χ3n) is 6.22. The fourth-order valence-electron chi connectivity index (χ4n) is 4.46. The summed E-state index contributed by atoms with van der Waals surface area (Å²) in [7, 11) is 0. The van der Waals surface area contributed by atoms with Crippen molar-refractivity contribution in [2.45, 2.75) is 72.8 Å². The van der Waals surface area contributed by atoms with Crippen LogP contribution in [-0.4, -0.2) is 11.2 Å². The molecule has 0 aromatic heterocycles. The lowest BCUT2D eigenvalue weighted by atomic mass is 9.46. The van der Waals surface area contributed by atoms with Gasteiger partial charge in [0, 0.05) is 0 Å². The van der Waals surface area contributed by atoms with E-state index in [9.17, 15) is 5.11 Å². The van der Waals surface area contributed by atoms with Crippen molar-refractivity contribution in [3.8, 4) is 0 Å². The van der Waals surface area contributed by atoms with E-state index in [0.717, 1.165) is 11.5 Å². The zero-order valence-electron chi connectivity index (χ0n) is 12.8. The molecule has 1 N–H and O–H groups in total. The van der Waals surface area contributed by atoms with Crippen molar-refractivity contribution in [2.24, 2.45) is 22.7 Å². The summed E-state index contributed by atoms with van der Waals surface area (Å²) in [6, 6.07) is 0. The highest BCUT2D eigenvalue weighted by atomic mass is 16.3. The van der Waals surface area contributed by atoms with E-state index in [4.69, 9.17) is 0 Å². The van der Waals surface area contributed by atoms with E-state index < -0.39 is 0 Å². The van der Waals surface area contributed by atoms with E-state index in [1.807, 2.05) is 6.92 Å². The van der Waals surface area contributed by atoms with Gasteiger partial charge < -0.3 is 5.11 Å². The number of allylic oxidation sites excluding steroid dienone is 1. The third kappa shape index (κ3) is 2.27. The summed E-state index contributed by atoms with van der Waals surface area (Å²) in [4.78, 5) is 0. The van der Waals surface area contributed by atoms with E-state index in [0.29, 0.717) is 16.7 Å². The summed E-state index contributed by atoms with van der Waals surface area (Å²) in [5.41, 5.74) is 2.19. The molecule has 3 aliphatic rings. The zero-order chi connectivity index (χ0) is 13.6. The van der Waals surface area contributed by atoms with Crippen LogP contribution < -0.4 is 0 Å². The summed E-state index contributed by atoms with van der Waals surface area (Å²) < 4.78 is 0. The first-order chi connectivity index (χ1) is 8.31. The fourth-order valence-corrected chi connectivity index (χ4v) is 4.46. The van der Waals surface area contributed by atoms with Crippen molar-refractivity contribution in [1.82, 2.24) is 0 Å². The first-order valence-electron chi connectivity index (χ1n) is 7.67. The number of fused-ring (bicyclic) bond motifs is 3. The van der Waals surface area contributed by atoms with E-state index in [2.05, 4.69) is 33.8 Å². The Hall–Kier alpha value is -0.300. The normalized spacial score (nSPS) is 46.2. The molecule has 3 rings (SSSR count). The summed E-state index contributed by atoms with van der Waals surface area (Å²) >= 11 is 0. The smallest absolute Gasteiger partial charge is 0.0719 e. The van der Waals surface area contributed by atoms with Gasteiger partial charge >= 0.3 is 0 Å². The maximum Gasteiger partial charge on any atom is 0.0719 e.